The highest BCUT2D eigenvalue weighted by atomic mass is 32.2. The monoisotopic (exact) mass is 245 g/mol. The summed E-state index contributed by atoms with van der Waals surface area (Å²) >= 11 is 0. The van der Waals surface area contributed by atoms with Crippen LogP contribution < -0.4 is 5.32 Å². The molecule has 0 bridgehead atoms. The summed E-state index contributed by atoms with van der Waals surface area (Å²) in [6.07, 6.45) is 5.75. The molecule has 1 atom stereocenters. The first-order chi connectivity index (χ1) is 7.39. The summed E-state index contributed by atoms with van der Waals surface area (Å²) in [7, 11) is -2.78. The topological polar surface area (TPSA) is 46.2 Å². The molecule has 1 saturated carbocycles. The fourth-order valence-corrected chi connectivity index (χ4v) is 5.13. The first-order valence-corrected chi connectivity index (χ1v) is 8.19. The first kappa shape index (κ1) is 12.4. The van der Waals surface area contributed by atoms with Gasteiger partial charge in [0.25, 0.3) is 0 Å². The van der Waals surface area contributed by atoms with Crippen molar-refractivity contribution >= 4 is 9.84 Å². The molecule has 1 aliphatic heterocycles. The summed E-state index contributed by atoms with van der Waals surface area (Å²) in [6.45, 7) is 4.37. The molecule has 1 unspecified atom stereocenters. The average molecular weight is 245 g/mol. The van der Waals surface area contributed by atoms with Crippen LogP contribution in [0.5, 0.6) is 0 Å². The van der Waals surface area contributed by atoms with E-state index in [1.165, 1.54) is 25.7 Å². The second kappa shape index (κ2) is 4.30. The minimum atomic E-state index is -2.78. The molecular weight excluding hydrogens is 222 g/mol. The van der Waals surface area contributed by atoms with E-state index in [0.29, 0.717) is 17.5 Å². The Morgan fingerprint density at radius 3 is 2.31 bits per heavy atom. The third kappa shape index (κ3) is 2.98. The Morgan fingerprint density at radius 1 is 1.19 bits per heavy atom. The van der Waals surface area contributed by atoms with Gasteiger partial charge in [-0.15, -0.1) is 0 Å². The van der Waals surface area contributed by atoms with Crippen molar-refractivity contribution in [1.82, 2.24) is 5.32 Å². The van der Waals surface area contributed by atoms with Crippen LogP contribution in [-0.2, 0) is 9.84 Å². The standard InChI is InChI=1S/C12H23NO2S/c1-10-3-5-11(6-4-10)13-12(2)7-8-16(14,15)9-12/h10-11,13H,3-9H2,1-2H3. The minimum absolute atomic E-state index is 0.163. The van der Waals surface area contributed by atoms with Crippen LogP contribution in [0.4, 0.5) is 0 Å². The second-order valence-electron chi connectivity index (χ2n) is 6.00. The van der Waals surface area contributed by atoms with Crippen LogP contribution in [0.15, 0.2) is 0 Å². The lowest BCUT2D eigenvalue weighted by Crippen LogP contribution is -2.50. The number of hydrogen-bond donors (Lipinski definition) is 1. The maximum atomic E-state index is 11.5. The molecule has 16 heavy (non-hydrogen) atoms. The van der Waals surface area contributed by atoms with E-state index in [4.69, 9.17) is 0 Å². The molecule has 0 aromatic carbocycles. The van der Waals surface area contributed by atoms with Crippen molar-refractivity contribution in [3.8, 4) is 0 Å². The molecule has 3 nitrogen and oxygen atoms in total. The van der Waals surface area contributed by atoms with Crippen LogP contribution >= 0.6 is 0 Å². The van der Waals surface area contributed by atoms with E-state index in [1.807, 2.05) is 0 Å². The minimum Gasteiger partial charge on any atom is -0.308 e. The van der Waals surface area contributed by atoms with Gasteiger partial charge in [0.15, 0.2) is 9.84 Å². The van der Waals surface area contributed by atoms with Gasteiger partial charge in [-0.25, -0.2) is 8.42 Å². The lowest BCUT2D eigenvalue weighted by atomic mass is 9.86. The molecule has 94 valence electrons. The van der Waals surface area contributed by atoms with E-state index < -0.39 is 9.84 Å². The Hall–Kier alpha value is -0.0900. The Labute approximate surface area is 98.9 Å². The summed E-state index contributed by atoms with van der Waals surface area (Å²) in [5, 5.41) is 3.59. The highest BCUT2D eigenvalue weighted by Crippen LogP contribution is 2.28. The summed E-state index contributed by atoms with van der Waals surface area (Å²) in [6, 6.07) is 0.537. The van der Waals surface area contributed by atoms with Crippen molar-refractivity contribution in [2.24, 2.45) is 5.92 Å². The summed E-state index contributed by atoms with van der Waals surface area (Å²) in [5.74, 6) is 1.53. The van der Waals surface area contributed by atoms with Gasteiger partial charge in [0.1, 0.15) is 0 Å². The van der Waals surface area contributed by atoms with Crippen LogP contribution in [0.25, 0.3) is 0 Å². The van der Waals surface area contributed by atoms with Gasteiger partial charge in [-0.3, -0.25) is 0 Å². The Morgan fingerprint density at radius 2 is 1.81 bits per heavy atom. The van der Waals surface area contributed by atoms with Gasteiger partial charge in [-0.1, -0.05) is 6.92 Å². The van der Waals surface area contributed by atoms with Crippen molar-refractivity contribution < 1.29 is 8.42 Å². The largest absolute Gasteiger partial charge is 0.308 e. The maximum absolute atomic E-state index is 11.5. The molecule has 1 N–H and O–H groups in total. The van der Waals surface area contributed by atoms with Crippen LogP contribution in [0.3, 0.4) is 0 Å². The first-order valence-electron chi connectivity index (χ1n) is 6.37. The Kier molecular flexibility index (Phi) is 3.32. The Bertz CT molecular complexity index is 344. The zero-order valence-corrected chi connectivity index (χ0v) is 11.1. The van der Waals surface area contributed by atoms with Gasteiger partial charge in [-0.2, -0.15) is 0 Å². The lowest BCUT2D eigenvalue weighted by Gasteiger charge is -2.34. The molecule has 0 amide bonds. The molecule has 4 heteroatoms. The molecule has 2 fully saturated rings. The van der Waals surface area contributed by atoms with Crippen molar-refractivity contribution in [3.05, 3.63) is 0 Å². The zero-order valence-electron chi connectivity index (χ0n) is 10.3. The number of nitrogens with one attached hydrogen (secondary N) is 1. The van der Waals surface area contributed by atoms with Gasteiger partial charge in [-0.05, 0) is 44.9 Å². The van der Waals surface area contributed by atoms with E-state index in [2.05, 4.69) is 19.2 Å². The molecule has 0 aromatic heterocycles. The quantitative estimate of drug-likeness (QED) is 0.806. The number of rotatable bonds is 2. The van der Waals surface area contributed by atoms with Gasteiger partial charge >= 0.3 is 0 Å². The smallest absolute Gasteiger partial charge is 0.152 e. The van der Waals surface area contributed by atoms with Crippen LogP contribution in [-0.4, -0.2) is 31.5 Å². The zero-order chi connectivity index (χ0) is 11.8. The predicted molar refractivity (Wildman–Crippen MR) is 66.2 cm³/mol. The van der Waals surface area contributed by atoms with Crippen LogP contribution in [0.1, 0.15) is 46.0 Å². The van der Waals surface area contributed by atoms with E-state index in [-0.39, 0.29) is 5.54 Å². The molecule has 2 rings (SSSR count). The van der Waals surface area contributed by atoms with Gasteiger partial charge in [0.05, 0.1) is 11.5 Å². The normalized spacial score (nSPS) is 43.4. The van der Waals surface area contributed by atoms with Gasteiger partial charge < -0.3 is 5.32 Å². The van der Waals surface area contributed by atoms with E-state index in [9.17, 15) is 8.42 Å². The van der Waals surface area contributed by atoms with Gasteiger partial charge in [0.2, 0.25) is 0 Å². The third-order valence-electron chi connectivity index (χ3n) is 4.07. The fourth-order valence-electron chi connectivity index (χ4n) is 3.02. The summed E-state index contributed by atoms with van der Waals surface area (Å²) < 4.78 is 23.0. The van der Waals surface area contributed by atoms with E-state index >= 15 is 0 Å². The van der Waals surface area contributed by atoms with E-state index in [0.717, 1.165) is 12.3 Å². The predicted octanol–water partition coefficient (Wildman–Crippen LogP) is 1.73. The molecule has 2 aliphatic rings. The summed E-state index contributed by atoms with van der Waals surface area (Å²) in [4.78, 5) is 0. The number of sulfone groups is 1. The van der Waals surface area contributed by atoms with Crippen LogP contribution in [0.2, 0.25) is 0 Å². The molecule has 0 radical (unpaired) electrons. The van der Waals surface area contributed by atoms with Crippen molar-refractivity contribution in [1.29, 1.82) is 0 Å². The highest BCUT2D eigenvalue weighted by molar-refractivity contribution is 7.91. The van der Waals surface area contributed by atoms with Crippen molar-refractivity contribution in [2.75, 3.05) is 11.5 Å². The third-order valence-corrected chi connectivity index (χ3v) is 5.97. The molecule has 0 aromatic rings. The lowest BCUT2D eigenvalue weighted by molar-refractivity contribution is 0.252. The molecule has 0 spiro atoms. The average Bonchev–Trinajstić information content (AvgIpc) is 2.45. The molecule has 1 heterocycles. The molecule has 1 aliphatic carbocycles. The SMILES string of the molecule is CC1CCC(NC2(C)CCS(=O)(=O)C2)CC1. The van der Waals surface area contributed by atoms with Gasteiger partial charge in [0, 0.05) is 11.6 Å². The summed E-state index contributed by atoms with van der Waals surface area (Å²) in [5.41, 5.74) is -0.163. The number of hydrogen-bond acceptors (Lipinski definition) is 3. The molecular formula is C12H23NO2S. The van der Waals surface area contributed by atoms with Crippen molar-refractivity contribution in [3.63, 3.8) is 0 Å². The maximum Gasteiger partial charge on any atom is 0.152 e. The fraction of sp³-hybridized carbons (Fsp3) is 1.00. The van der Waals surface area contributed by atoms with Crippen molar-refractivity contribution in [2.45, 2.75) is 57.5 Å². The highest BCUT2D eigenvalue weighted by Gasteiger charge is 2.39. The van der Waals surface area contributed by atoms with E-state index in [1.54, 1.807) is 0 Å². The van der Waals surface area contributed by atoms with Crippen LogP contribution in [0, 0.1) is 5.92 Å². The molecule has 1 saturated heterocycles. The second-order valence-corrected chi connectivity index (χ2v) is 8.19. The Balaban J connectivity index is 1.90.